The Kier molecular flexibility index (Phi) is 6.92. The summed E-state index contributed by atoms with van der Waals surface area (Å²) in [5, 5.41) is 8.44. The van der Waals surface area contributed by atoms with Gasteiger partial charge >= 0.3 is 5.97 Å². The topological polar surface area (TPSA) is 82.5 Å². The molecule has 5 atom stereocenters. The maximum atomic E-state index is 13.9. The van der Waals surface area contributed by atoms with E-state index in [1.807, 2.05) is 35.9 Å². The average Bonchev–Trinajstić information content (AvgIpc) is 3.67. The van der Waals surface area contributed by atoms with Gasteiger partial charge in [-0.2, -0.15) is 5.10 Å². The Morgan fingerprint density at radius 3 is 2.49 bits per heavy atom. The molecule has 7 nitrogen and oxygen atoms in total. The zero-order chi connectivity index (χ0) is 27.1. The van der Waals surface area contributed by atoms with Crippen LogP contribution in [0.3, 0.4) is 0 Å². The number of nitrogens with zero attached hydrogens (tertiary/aromatic N) is 2. The van der Waals surface area contributed by atoms with Crippen LogP contribution in [0.2, 0.25) is 0 Å². The second-order valence-corrected chi connectivity index (χ2v) is 11.3. The van der Waals surface area contributed by atoms with E-state index >= 15 is 0 Å². The molecule has 2 fully saturated rings. The summed E-state index contributed by atoms with van der Waals surface area (Å²) in [6.07, 6.45) is 5.63. The van der Waals surface area contributed by atoms with Crippen LogP contribution in [0.25, 0.3) is 16.9 Å². The molecule has 0 saturated heterocycles. The number of esters is 1. The highest BCUT2D eigenvalue weighted by Gasteiger charge is 2.52. The molecule has 1 N–H and O–H groups in total. The number of carbonyl (C=O) groups excluding carboxylic acids is 2. The number of ether oxygens (including phenoxy) is 2. The normalized spacial score (nSPS) is 25.3. The molecular weight excluding hydrogens is 490 g/mol. The van der Waals surface area contributed by atoms with Crippen molar-refractivity contribution in [2.24, 2.45) is 17.8 Å². The highest BCUT2D eigenvalue weighted by atomic mass is 16.5. The van der Waals surface area contributed by atoms with Crippen molar-refractivity contribution >= 4 is 11.9 Å². The fourth-order valence-electron chi connectivity index (χ4n) is 7.13. The van der Waals surface area contributed by atoms with E-state index in [0.29, 0.717) is 18.4 Å². The first kappa shape index (κ1) is 25.7. The first-order valence-corrected chi connectivity index (χ1v) is 14.3. The predicted octanol–water partition coefficient (Wildman–Crippen LogP) is 5.37. The highest BCUT2D eigenvalue weighted by Crippen LogP contribution is 2.49. The van der Waals surface area contributed by atoms with Crippen molar-refractivity contribution in [2.45, 2.75) is 64.3 Å². The van der Waals surface area contributed by atoms with Crippen LogP contribution in [0.5, 0.6) is 5.75 Å². The summed E-state index contributed by atoms with van der Waals surface area (Å²) < 4.78 is 12.8. The summed E-state index contributed by atoms with van der Waals surface area (Å²) >= 11 is 0. The number of carbonyl (C=O) groups is 2. The molecule has 0 radical (unpaired) electrons. The Hall–Kier alpha value is -3.61. The quantitative estimate of drug-likeness (QED) is 0.418. The van der Waals surface area contributed by atoms with Crippen LogP contribution in [0.15, 0.2) is 48.5 Å². The van der Waals surface area contributed by atoms with Gasteiger partial charge in [-0.05, 0) is 88.5 Å². The minimum atomic E-state index is -0.348. The molecule has 1 aromatic heterocycles. The first-order valence-electron chi connectivity index (χ1n) is 14.3. The number of benzene rings is 2. The Balaban J connectivity index is 1.36. The molecule has 1 heterocycles. The lowest BCUT2D eigenvalue weighted by molar-refractivity contribution is -0.151. The fourth-order valence-corrected chi connectivity index (χ4v) is 7.13. The Morgan fingerprint density at radius 2 is 1.77 bits per heavy atom. The van der Waals surface area contributed by atoms with Gasteiger partial charge in [-0.3, -0.25) is 9.59 Å². The predicted molar refractivity (Wildman–Crippen MR) is 149 cm³/mol. The number of fused-ring (bicyclic) bond motifs is 3. The third-order valence-electron chi connectivity index (χ3n) is 9.01. The molecule has 3 unspecified atom stereocenters. The van der Waals surface area contributed by atoms with Crippen molar-refractivity contribution < 1.29 is 19.1 Å². The van der Waals surface area contributed by atoms with E-state index in [1.165, 1.54) is 5.56 Å². The van der Waals surface area contributed by atoms with Crippen LogP contribution < -0.4 is 10.1 Å². The molecule has 2 aromatic carbocycles. The number of rotatable bonds is 7. The van der Waals surface area contributed by atoms with Crippen LogP contribution in [0, 0.1) is 24.7 Å². The van der Waals surface area contributed by atoms with Gasteiger partial charge in [0.2, 0.25) is 5.91 Å². The molecule has 7 heteroatoms. The lowest BCUT2D eigenvalue weighted by Crippen LogP contribution is -2.49. The maximum absolute atomic E-state index is 13.9. The van der Waals surface area contributed by atoms with Crippen LogP contribution in [-0.4, -0.2) is 41.4 Å². The summed E-state index contributed by atoms with van der Waals surface area (Å²) in [6, 6.07) is 16.2. The maximum Gasteiger partial charge on any atom is 0.311 e. The molecular formula is C32H37N3O4. The summed E-state index contributed by atoms with van der Waals surface area (Å²) in [4.78, 5) is 26.7. The van der Waals surface area contributed by atoms with Crippen molar-refractivity contribution in [1.29, 1.82) is 0 Å². The van der Waals surface area contributed by atoms with Gasteiger partial charge in [0.05, 0.1) is 42.6 Å². The van der Waals surface area contributed by atoms with Gasteiger partial charge < -0.3 is 14.8 Å². The van der Waals surface area contributed by atoms with E-state index < -0.39 is 0 Å². The van der Waals surface area contributed by atoms with Gasteiger partial charge in [0.1, 0.15) is 5.75 Å². The van der Waals surface area contributed by atoms with E-state index in [4.69, 9.17) is 14.6 Å². The number of hydrogen-bond acceptors (Lipinski definition) is 5. The van der Waals surface area contributed by atoms with E-state index in [2.05, 4.69) is 36.5 Å². The van der Waals surface area contributed by atoms with Crippen molar-refractivity contribution in [3.05, 3.63) is 65.4 Å². The average molecular weight is 528 g/mol. The zero-order valence-electron chi connectivity index (χ0n) is 23.0. The van der Waals surface area contributed by atoms with E-state index in [0.717, 1.165) is 72.5 Å². The van der Waals surface area contributed by atoms with Gasteiger partial charge in [-0.1, -0.05) is 29.8 Å². The van der Waals surface area contributed by atoms with E-state index in [9.17, 15) is 9.59 Å². The van der Waals surface area contributed by atoms with Gasteiger partial charge in [0, 0.05) is 17.2 Å². The van der Waals surface area contributed by atoms with Crippen molar-refractivity contribution in [3.63, 3.8) is 0 Å². The zero-order valence-corrected chi connectivity index (χ0v) is 23.0. The molecule has 1 amide bonds. The number of aromatic nitrogens is 2. The summed E-state index contributed by atoms with van der Waals surface area (Å²) in [5.41, 5.74) is 6.23. The third kappa shape index (κ3) is 4.62. The van der Waals surface area contributed by atoms with E-state index in [-0.39, 0.29) is 29.8 Å². The molecule has 2 bridgehead atoms. The molecule has 6 rings (SSSR count). The summed E-state index contributed by atoms with van der Waals surface area (Å²) in [7, 11) is 1.66. The Bertz CT molecular complexity index is 1360. The van der Waals surface area contributed by atoms with Crippen molar-refractivity contribution in [2.75, 3.05) is 13.7 Å². The first-order chi connectivity index (χ1) is 19.0. The van der Waals surface area contributed by atoms with Crippen LogP contribution in [-0.2, 0) is 20.7 Å². The largest absolute Gasteiger partial charge is 0.497 e. The Labute approximate surface area is 229 Å². The van der Waals surface area contributed by atoms with E-state index in [1.54, 1.807) is 7.11 Å². The van der Waals surface area contributed by atoms with Crippen LogP contribution in [0.1, 0.15) is 61.8 Å². The standard InChI is InChI=1S/C32H37N3O4/c1-4-39-32(37)27-21-12-13-22(18-21)28(27)33-31(36)26-7-5-6-25-29(26)34-35(23-14-16-24(38-3)17-15-23)30(25)20-10-8-19(2)9-11-20/h8-11,14-17,21-22,26-28H,4-7,12-13,18H2,1-3H3,(H,33,36)/t21?,22?,26?,27-,28-/m0/s1. The highest BCUT2D eigenvalue weighted by molar-refractivity contribution is 5.86. The van der Waals surface area contributed by atoms with Gasteiger partial charge in [0.25, 0.3) is 0 Å². The minimum absolute atomic E-state index is 0.0161. The van der Waals surface area contributed by atoms with Crippen LogP contribution in [0.4, 0.5) is 0 Å². The lowest BCUT2D eigenvalue weighted by Gasteiger charge is -2.32. The van der Waals surface area contributed by atoms with Crippen molar-refractivity contribution in [3.8, 4) is 22.7 Å². The van der Waals surface area contributed by atoms with Gasteiger partial charge in [-0.15, -0.1) is 0 Å². The molecule has 3 aliphatic rings. The summed E-state index contributed by atoms with van der Waals surface area (Å²) in [5.74, 6) is 0.671. The molecule has 0 aliphatic heterocycles. The molecule has 204 valence electrons. The molecule has 3 aliphatic carbocycles. The molecule has 3 aromatic rings. The monoisotopic (exact) mass is 527 g/mol. The molecule has 0 spiro atoms. The number of amides is 1. The second-order valence-electron chi connectivity index (χ2n) is 11.3. The number of aryl methyl sites for hydroxylation is 1. The SMILES string of the molecule is CCOC(=O)[C@H]1C2CCC(C2)[C@@H]1NC(=O)C1CCCc2c1nn(-c1ccc(OC)cc1)c2-c1ccc(C)cc1. The minimum Gasteiger partial charge on any atom is -0.497 e. The molecule has 2 saturated carbocycles. The second kappa shape index (κ2) is 10.5. The third-order valence-corrected chi connectivity index (χ3v) is 9.01. The fraction of sp³-hybridized carbons (Fsp3) is 0.469. The van der Waals surface area contributed by atoms with Gasteiger partial charge in [-0.25, -0.2) is 4.68 Å². The summed E-state index contributed by atoms with van der Waals surface area (Å²) in [6.45, 7) is 4.29. The molecule has 39 heavy (non-hydrogen) atoms. The number of methoxy groups -OCH3 is 1. The Morgan fingerprint density at radius 1 is 1.03 bits per heavy atom. The van der Waals surface area contributed by atoms with Crippen LogP contribution >= 0.6 is 0 Å². The number of nitrogens with one attached hydrogen (secondary N) is 1. The smallest absolute Gasteiger partial charge is 0.311 e. The van der Waals surface area contributed by atoms with Gasteiger partial charge in [0.15, 0.2) is 0 Å². The van der Waals surface area contributed by atoms with Crippen molar-refractivity contribution in [1.82, 2.24) is 15.1 Å². The number of hydrogen-bond donors (Lipinski definition) is 1. The lowest BCUT2D eigenvalue weighted by atomic mass is 9.82.